The Morgan fingerprint density at radius 2 is 1.93 bits per heavy atom. The Hall–Kier alpha value is -3.15. The minimum Gasteiger partial charge on any atom is -0.359 e. The molecule has 0 radical (unpaired) electrons. The highest BCUT2D eigenvalue weighted by molar-refractivity contribution is 6.26. The number of carbonyl (C=O) groups is 2. The van der Waals surface area contributed by atoms with Gasteiger partial charge in [0.25, 0.3) is 5.91 Å². The quantitative estimate of drug-likeness (QED) is 0.751. The molecule has 1 atom stereocenters. The molecule has 27 heavy (non-hydrogen) atoms. The van der Waals surface area contributed by atoms with Crippen LogP contribution in [0.1, 0.15) is 48.5 Å². The number of nitrogens with zero attached hydrogens (tertiary/aromatic N) is 2. The van der Waals surface area contributed by atoms with E-state index in [1.807, 2.05) is 50.2 Å². The molecule has 6 heteroatoms. The van der Waals surface area contributed by atoms with Crippen LogP contribution in [-0.2, 0) is 11.3 Å². The molecule has 1 aliphatic rings. The Bertz CT molecular complexity index is 1030. The third-order valence-corrected chi connectivity index (χ3v) is 4.96. The van der Waals surface area contributed by atoms with Crippen molar-refractivity contribution < 1.29 is 14.1 Å². The van der Waals surface area contributed by atoms with E-state index >= 15 is 0 Å². The second kappa shape index (κ2) is 6.54. The van der Waals surface area contributed by atoms with Crippen molar-refractivity contribution in [3.05, 3.63) is 59.5 Å². The van der Waals surface area contributed by atoms with Crippen LogP contribution in [0.3, 0.4) is 0 Å². The van der Waals surface area contributed by atoms with Crippen LogP contribution in [0.4, 0.5) is 5.69 Å². The van der Waals surface area contributed by atoms with Gasteiger partial charge in [-0.3, -0.25) is 14.5 Å². The Morgan fingerprint density at radius 3 is 2.63 bits per heavy atom. The summed E-state index contributed by atoms with van der Waals surface area (Å²) in [5.74, 6) is 0.470. The number of hydrogen-bond acceptors (Lipinski definition) is 4. The van der Waals surface area contributed by atoms with Gasteiger partial charge in [0, 0.05) is 17.0 Å². The first-order valence-electron chi connectivity index (χ1n) is 9.06. The van der Waals surface area contributed by atoms with Gasteiger partial charge in [0.1, 0.15) is 6.04 Å². The number of aromatic nitrogens is 1. The van der Waals surface area contributed by atoms with E-state index in [-0.39, 0.29) is 24.3 Å². The highest BCUT2D eigenvalue weighted by Crippen LogP contribution is 2.38. The van der Waals surface area contributed by atoms with Crippen LogP contribution in [0.25, 0.3) is 10.8 Å². The smallest absolute Gasteiger partial charge is 0.259 e. The molecule has 3 aromatic rings. The van der Waals surface area contributed by atoms with E-state index < -0.39 is 6.04 Å². The van der Waals surface area contributed by atoms with Crippen LogP contribution >= 0.6 is 0 Å². The fourth-order valence-corrected chi connectivity index (χ4v) is 3.45. The predicted octanol–water partition coefficient (Wildman–Crippen LogP) is 3.62. The van der Waals surface area contributed by atoms with Gasteiger partial charge in [-0.25, -0.2) is 0 Å². The predicted molar refractivity (Wildman–Crippen MR) is 103 cm³/mol. The van der Waals surface area contributed by atoms with Crippen LogP contribution < -0.4 is 10.2 Å². The lowest BCUT2D eigenvalue weighted by molar-refractivity contribution is -0.122. The van der Waals surface area contributed by atoms with Gasteiger partial charge in [-0.1, -0.05) is 43.3 Å². The third-order valence-electron chi connectivity index (χ3n) is 4.96. The van der Waals surface area contributed by atoms with E-state index in [9.17, 15) is 9.59 Å². The molecule has 0 bridgehead atoms. The average molecular weight is 363 g/mol. The summed E-state index contributed by atoms with van der Waals surface area (Å²) in [5.41, 5.74) is 2.27. The molecule has 0 saturated heterocycles. The number of amides is 2. The maximum absolute atomic E-state index is 12.9. The Labute approximate surface area is 157 Å². The summed E-state index contributed by atoms with van der Waals surface area (Å²) in [6.07, 6.45) is 0. The van der Waals surface area contributed by atoms with E-state index in [4.69, 9.17) is 4.52 Å². The number of anilines is 1. The summed E-state index contributed by atoms with van der Waals surface area (Å²) in [6.45, 7) is 6.03. The Balaban J connectivity index is 1.53. The molecule has 0 aliphatic carbocycles. The van der Waals surface area contributed by atoms with E-state index in [2.05, 4.69) is 10.5 Å². The molecule has 1 aliphatic heterocycles. The zero-order valence-corrected chi connectivity index (χ0v) is 15.5. The summed E-state index contributed by atoms with van der Waals surface area (Å²) in [4.78, 5) is 27.1. The van der Waals surface area contributed by atoms with Crippen molar-refractivity contribution >= 4 is 28.3 Å². The highest BCUT2D eigenvalue weighted by atomic mass is 16.5. The first-order valence-corrected chi connectivity index (χ1v) is 9.06. The van der Waals surface area contributed by atoms with Gasteiger partial charge in [-0.2, -0.15) is 0 Å². The second-order valence-electron chi connectivity index (χ2n) is 7.12. The van der Waals surface area contributed by atoms with Crippen LogP contribution in [0.2, 0.25) is 0 Å². The van der Waals surface area contributed by atoms with Crippen molar-refractivity contribution in [1.29, 1.82) is 0 Å². The fraction of sp³-hybridized carbons (Fsp3) is 0.286. The van der Waals surface area contributed by atoms with Gasteiger partial charge in [0.15, 0.2) is 5.76 Å². The van der Waals surface area contributed by atoms with Gasteiger partial charge in [0.05, 0.1) is 17.9 Å². The van der Waals surface area contributed by atoms with E-state index in [0.717, 1.165) is 22.2 Å². The number of hydrogen-bond donors (Lipinski definition) is 1. The molecular formula is C21H21N3O3. The molecule has 0 unspecified atom stereocenters. The molecule has 0 fully saturated rings. The third kappa shape index (κ3) is 2.87. The lowest BCUT2D eigenvalue weighted by Gasteiger charge is -2.24. The summed E-state index contributed by atoms with van der Waals surface area (Å²) < 4.78 is 5.25. The van der Waals surface area contributed by atoms with Crippen molar-refractivity contribution in [2.75, 3.05) is 4.90 Å². The van der Waals surface area contributed by atoms with Gasteiger partial charge in [0.2, 0.25) is 5.91 Å². The van der Waals surface area contributed by atoms with Gasteiger partial charge in [-0.05, 0) is 30.4 Å². The molecule has 6 nitrogen and oxygen atoms in total. The molecule has 2 aromatic carbocycles. The maximum atomic E-state index is 12.9. The van der Waals surface area contributed by atoms with Crippen LogP contribution in [0, 0.1) is 0 Å². The SMILES string of the molecule is CC(C)c1cc(CNC(=O)[C@H](C)N2C(=O)c3cccc4cccc2c34)on1. The van der Waals surface area contributed by atoms with Crippen molar-refractivity contribution in [2.24, 2.45) is 0 Å². The molecule has 2 heterocycles. The topological polar surface area (TPSA) is 75.4 Å². The average Bonchev–Trinajstić information content (AvgIpc) is 3.25. The lowest BCUT2D eigenvalue weighted by Crippen LogP contribution is -2.46. The molecule has 2 amide bonds. The molecule has 0 spiro atoms. The summed E-state index contributed by atoms with van der Waals surface area (Å²) in [5, 5.41) is 8.73. The first kappa shape index (κ1) is 17.3. The molecule has 1 N–H and O–H groups in total. The summed E-state index contributed by atoms with van der Waals surface area (Å²) in [6, 6.07) is 12.6. The second-order valence-corrected chi connectivity index (χ2v) is 7.12. The maximum Gasteiger partial charge on any atom is 0.259 e. The minimum absolute atomic E-state index is 0.147. The van der Waals surface area contributed by atoms with Crippen molar-refractivity contribution in [3.8, 4) is 0 Å². The zero-order chi connectivity index (χ0) is 19.1. The fourth-order valence-electron chi connectivity index (χ4n) is 3.45. The van der Waals surface area contributed by atoms with Crippen molar-refractivity contribution in [1.82, 2.24) is 10.5 Å². The van der Waals surface area contributed by atoms with Crippen LogP contribution in [-0.4, -0.2) is 23.0 Å². The standard InChI is InChI=1S/C21H21N3O3/c1-12(2)17-10-15(27-23-17)11-22-20(25)13(3)24-18-9-5-7-14-6-4-8-16(19(14)18)21(24)26/h4-10,12-13H,11H2,1-3H3,(H,22,25)/t13-/m0/s1. The molecule has 138 valence electrons. The molecule has 4 rings (SSSR count). The molecule has 1 aromatic heterocycles. The first-order chi connectivity index (χ1) is 13.0. The van der Waals surface area contributed by atoms with E-state index in [1.54, 1.807) is 17.9 Å². The Morgan fingerprint density at radius 1 is 1.19 bits per heavy atom. The Kier molecular flexibility index (Phi) is 4.18. The summed E-state index contributed by atoms with van der Waals surface area (Å²) in [7, 11) is 0. The van der Waals surface area contributed by atoms with Gasteiger partial charge >= 0.3 is 0 Å². The number of rotatable bonds is 5. The van der Waals surface area contributed by atoms with Crippen molar-refractivity contribution in [3.63, 3.8) is 0 Å². The largest absolute Gasteiger partial charge is 0.359 e. The minimum atomic E-state index is -0.636. The number of nitrogens with one attached hydrogen (secondary N) is 1. The van der Waals surface area contributed by atoms with Gasteiger partial charge < -0.3 is 9.84 Å². The van der Waals surface area contributed by atoms with E-state index in [0.29, 0.717) is 11.3 Å². The van der Waals surface area contributed by atoms with Gasteiger partial charge in [-0.15, -0.1) is 0 Å². The highest BCUT2D eigenvalue weighted by Gasteiger charge is 2.35. The number of carbonyl (C=O) groups excluding carboxylic acids is 2. The monoisotopic (exact) mass is 363 g/mol. The van der Waals surface area contributed by atoms with Crippen LogP contribution in [0.15, 0.2) is 47.0 Å². The van der Waals surface area contributed by atoms with Crippen LogP contribution in [0.5, 0.6) is 0 Å². The lowest BCUT2D eigenvalue weighted by atomic mass is 10.1. The van der Waals surface area contributed by atoms with E-state index in [1.165, 1.54) is 0 Å². The normalized spacial score (nSPS) is 14.2. The zero-order valence-electron chi connectivity index (χ0n) is 15.5. The van der Waals surface area contributed by atoms with Crippen molar-refractivity contribution in [2.45, 2.75) is 39.3 Å². The number of benzene rings is 2. The molecular weight excluding hydrogens is 342 g/mol. The summed E-state index contributed by atoms with van der Waals surface area (Å²) >= 11 is 0. The molecule has 0 saturated carbocycles.